The molecule has 1 aromatic heterocycles. The molecule has 0 spiro atoms. The molecule has 0 aliphatic carbocycles. The van der Waals surface area contributed by atoms with Gasteiger partial charge in [0.15, 0.2) is 0 Å². The molecule has 20 heavy (non-hydrogen) atoms. The molecule has 1 amide bonds. The fraction of sp³-hybridized carbons (Fsp3) is 0.571. The third-order valence-electron chi connectivity index (χ3n) is 3.13. The summed E-state index contributed by atoms with van der Waals surface area (Å²) >= 11 is 5.77. The summed E-state index contributed by atoms with van der Waals surface area (Å²) in [5, 5.41) is 3.12. The Morgan fingerprint density at radius 1 is 1.40 bits per heavy atom. The molecule has 1 aromatic rings. The molecule has 112 valence electrons. The average molecular weight is 299 g/mol. The van der Waals surface area contributed by atoms with E-state index >= 15 is 0 Å². The number of hydrogen-bond donors (Lipinski definition) is 2. The first-order valence-electron chi connectivity index (χ1n) is 6.78. The van der Waals surface area contributed by atoms with Crippen LogP contribution in [0.3, 0.4) is 0 Å². The first kappa shape index (κ1) is 16.7. The summed E-state index contributed by atoms with van der Waals surface area (Å²) in [6.07, 6.45) is 1.39. The van der Waals surface area contributed by atoms with Crippen molar-refractivity contribution in [1.82, 2.24) is 15.2 Å². The lowest BCUT2D eigenvalue weighted by Gasteiger charge is -2.30. The van der Waals surface area contributed by atoms with Crippen LogP contribution in [0, 0.1) is 0 Å². The van der Waals surface area contributed by atoms with E-state index in [1.807, 2.05) is 0 Å². The number of nitrogens with zero attached hydrogens (tertiary/aromatic N) is 2. The Morgan fingerprint density at radius 3 is 2.55 bits per heavy atom. The number of nitrogen functional groups attached to an aromatic ring is 1. The Kier molecular flexibility index (Phi) is 6.23. The standard InChI is InChI=1S/C14H23ClN4O/c1-9(2)19(10(3)4)6-5-17-14(20)11-7-13(15)18-8-12(11)16/h7-10H,5-6,16H2,1-4H3,(H,17,20). The van der Waals surface area contributed by atoms with Gasteiger partial charge in [0.05, 0.1) is 17.4 Å². The molecular formula is C14H23ClN4O. The van der Waals surface area contributed by atoms with Crippen molar-refractivity contribution in [3.05, 3.63) is 23.0 Å². The smallest absolute Gasteiger partial charge is 0.253 e. The van der Waals surface area contributed by atoms with Gasteiger partial charge in [0.25, 0.3) is 5.91 Å². The molecule has 0 radical (unpaired) electrons. The van der Waals surface area contributed by atoms with Gasteiger partial charge in [0, 0.05) is 25.2 Å². The lowest BCUT2D eigenvalue weighted by molar-refractivity contribution is 0.0940. The van der Waals surface area contributed by atoms with Gasteiger partial charge in [-0.3, -0.25) is 9.69 Å². The number of aromatic nitrogens is 1. The van der Waals surface area contributed by atoms with Gasteiger partial charge >= 0.3 is 0 Å². The van der Waals surface area contributed by atoms with E-state index in [9.17, 15) is 4.79 Å². The van der Waals surface area contributed by atoms with Crippen molar-refractivity contribution < 1.29 is 4.79 Å². The normalized spacial score (nSPS) is 11.4. The zero-order valence-corrected chi connectivity index (χ0v) is 13.2. The van der Waals surface area contributed by atoms with Crippen LogP contribution in [-0.2, 0) is 0 Å². The summed E-state index contributed by atoms with van der Waals surface area (Å²) in [6, 6.07) is 2.36. The van der Waals surface area contributed by atoms with Crippen LogP contribution >= 0.6 is 11.6 Å². The zero-order chi connectivity index (χ0) is 15.3. The maximum absolute atomic E-state index is 12.0. The van der Waals surface area contributed by atoms with Crippen LogP contribution in [0.15, 0.2) is 12.3 Å². The Balaban J connectivity index is 2.57. The van der Waals surface area contributed by atoms with Crippen LogP contribution in [0.4, 0.5) is 5.69 Å². The number of amides is 1. The second kappa shape index (κ2) is 7.45. The molecule has 0 atom stereocenters. The fourth-order valence-corrected chi connectivity index (χ4v) is 2.30. The first-order valence-corrected chi connectivity index (χ1v) is 7.15. The van der Waals surface area contributed by atoms with E-state index in [-0.39, 0.29) is 11.1 Å². The van der Waals surface area contributed by atoms with Crippen LogP contribution in [0.1, 0.15) is 38.1 Å². The Morgan fingerprint density at radius 2 is 2.00 bits per heavy atom. The van der Waals surface area contributed by atoms with E-state index in [0.717, 1.165) is 6.54 Å². The zero-order valence-electron chi connectivity index (χ0n) is 12.5. The van der Waals surface area contributed by atoms with E-state index in [0.29, 0.717) is 29.9 Å². The summed E-state index contributed by atoms with van der Waals surface area (Å²) in [4.78, 5) is 18.2. The Bertz CT molecular complexity index is 454. The number of pyridine rings is 1. The molecule has 0 saturated carbocycles. The van der Waals surface area contributed by atoms with E-state index in [4.69, 9.17) is 17.3 Å². The van der Waals surface area contributed by atoms with Crippen molar-refractivity contribution in [2.75, 3.05) is 18.8 Å². The van der Waals surface area contributed by atoms with Crippen LogP contribution < -0.4 is 11.1 Å². The van der Waals surface area contributed by atoms with Crippen LogP contribution in [0.25, 0.3) is 0 Å². The third kappa shape index (κ3) is 4.65. The fourth-order valence-electron chi connectivity index (χ4n) is 2.14. The largest absolute Gasteiger partial charge is 0.397 e. The molecule has 1 rings (SSSR count). The molecule has 1 heterocycles. The second-order valence-electron chi connectivity index (χ2n) is 5.28. The average Bonchev–Trinajstić information content (AvgIpc) is 2.36. The number of carbonyl (C=O) groups is 1. The monoisotopic (exact) mass is 298 g/mol. The number of rotatable bonds is 6. The molecule has 3 N–H and O–H groups in total. The molecule has 5 nitrogen and oxygen atoms in total. The maximum atomic E-state index is 12.0. The molecule has 6 heteroatoms. The number of carbonyl (C=O) groups excluding carboxylic acids is 1. The van der Waals surface area contributed by atoms with Crippen molar-refractivity contribution in [3.8, 4) is 0 Å². The minimum absolute atomic E-state index is 0.223. The molecule has 0 aliphatic heterocycles. The van der Waals surface area contributed by atoms with Crippen LogP contribution in [-0.4, -0.2) is 41.0 Å². The third-order valence-corrected chi connectivity index (χ3v) is 3.33. The van der Waals surface area contributed by atoms with Gasteiger partial charge in [0.1, 0.15) is 5.15 Å². The van der Waals surface area contributed by atoms with Gasteiger partial charge in [-0.2, -0.15) is 0 Å². The summed E-state index contributed by atoms with van der Waals surface area (Å²) in [5.74, 6) is -0.223. The highest BCUT2D eigenvalue weighted by atomic mass is 35.5. The Labute approximate surface area is 125 Å². The van der Waals surface area contributed by atoms with Crippen molar-refractivity contribution >= 4 is 23.2 Å². The molecule has 0 fully saturated rings. The summed E-state index contributed by atoms with van der Waals surface area (Å²) in [7, 11) is 0. The first-order chi connectivity index (χ1) is 9.32. The molecule has 0 aliphatic rings. The predicted octanol–water partition coefficient (Wildman–Crippen LogP) is 2.17. The molecule has 0 unspecified atom stereocenters. The number of anilines is 1. The highest BCUT2D eigenvalue weighted by molar-refractivity contribution is 6.29. The number of nitrogens with two attached hydrogens (primary N) is 1. The van der Waals surface area contributed by atoms with Crippen LogP contribution in [0.5, 0.6) is 0 Å². The number of hydrogen-bond acceptors (Lipinski definition) is 4. The van der Waals surface area contributed by atoms with Gasteiger partial charge in [-0.15, -0.1) is 0 Å². The summed E-state index contributed by atoms with van der Waals surface area (Å²) in [6.45, 7) is 9.92. The molecule has 0 aromatic carbocycles. The summed E-state index contributed by atoms with van der Waals surface area (Å²) in [5.41, 5.74) is 6.42. The van der Waals surface area contributed by atoms with Crippen molar-refractivity contribution in [1.29, 1.82) is 0 Å². The molecular weight excluding hydrogens is 276 g/mol. The van der Waals surface area contributed by atoms with Gasteiger partial charge in [-0.1, -0.05) is 11.6 Å². The van der Waals surface area contributed by atoms with Crippen LogP contribution in [0.2, 0.25) is 5.15 Å². The van der Waals surface area contributed by atoms with E-state index in [1.54, 1.807) is 0 Å². The summed E-state index contributed by atoms with van der Waals surface area (Å²) < 4.78 is 0. The number of halogens is 1. The highest BCUT2D eigenvalue weighted by Crippen LogP contribution is 2.14. The van der Waals surface area contributed by atoms with E-state index in [1.165, 1.54) is 12.3 Å². The minimum Gasteiger partial charge on any atom is -0.397 e. The topological polar surface area (TPSA) is 71.2 Å². The van der Waals surface area contributed by atoms with Gasteiger partial charge in [-0.25, -0.2) is 4.98 Å². The van der Waals surface area contributed by atoms with Gasteiger partial charge < -0.3 is 11.1 Å². The minimum atomic E-state index is -0.223. The lowest BCUT2D eigenvalue weighted by Crippen LogP contribution is -2.42. The quantitative estimate of drug-likeness (QED) is 0.790. The lowest BCUT2D eigenvalue weighted by atomic mass is 10.2. The maximum Gasteiger partial charge on any atom is 0.253 e. The van der Waals surface area contributed by atoms with Crippen molar-refractivity contribution in [2.45, 2.75) is 39.8 Å². The van der Waals surface area contributed by atoms with Crippen molar-refractivity contribution in [3.63, 3.8) is 0 Å². The van der Waals surface area contributed by atoms with E-state index in [2.05, 4.69) is 42.9 Å². The number of nitrogens with one attached hydrogen (secondary N) is 1. The SMILES string of the molecule is CC(C)N(CCNC(=O)c1cc(Cl)ncc1N)C(C)C. The van der Waals surface area contributed by atoms with E-state index < -0.39 is 0 Å². The highest BCUT2D eigenvalue weighted by Gasteiger charge is 2.14. The molecule has 0 saturated heterocycles. The molecule has 0 bridgehead atoms. The van der Waals surface area contributed by atoms with Gasteiger partial charge in [-0.05, 0) is 33.8 Å². The van der Waals surface area contributed by atoms with Crippen molar-refractivity contribution in [2.24, 2.45) is 0 Å². The Hall–Kier alpha value is -1.33. The van der Waals surface area contributed by atoms with Gasteiger partial charge in [0.2, 0.25) is 0 Å². The predicted molar refractivity (Wildman–Crippen MR) is 83.0 cm³/mol. The second-order valence-corrected chi connectivity index (χ2v) is 5.66.